The van der Waals surface area contributed by atoms with E-state index in [1.165, 1.54) is 28.8 Å². The molecule has 0 bridgehead atoms. The average molecular weight is 468 g/mol. The van der Waals surface area contributed by atoms with Crippen LogP contribution in [0.25, 0.3) is 16.5 Å². The highest BCUT2D eigenvalue weighted by Gasteiger charge is 2.12. The molecule has 3 rings (SSSR count). The first-order chi connectivity index (χ1) is 16.9. The highest BCUT2D eigenvalue weighted by atomic mass is 16.1. The molecule has 0 heterocycles. The number of carbonyl (C=O) groups excluding carboxylic acids is 1. The van der Waals surface area contributed by atoms with Gasteiger partial charge in [-0.1, -0.05) is 92.5 Å². The molecule has 0 spiro atoms. The fourth-order valence-electron chi connectivity index (χ4n) is 3.64. The zero-order chi connectivity index (χ0) is 25.6. The maximum absolute atomic E-state index is 10.2. The predicted molar refractivity (Wildman–Crippen MR) is 151 cm³/mol. The normalized spacial score (nSPS) is 11.3. The number of hydrogen-bond acceptors (Lipinski definition) is 4. The van der Waals surface area contributed by atoms with E-state index in [1.807, 2.05) is 19.2 Å². The van der Waals surface area contributed by atoms with Crippen molar-refractivity contribution in [2.75, 3.05) is 13.6 Å². The Morgan fingerprint density at radius 2 is 1.69 bits per heavy atom. The van der Waals surface area contributed by atoms with Crippen LogP contribution in [0.3, 0.4) is 0 Å². The number of ketones is 1. The zero-order valence-electron chi connectivity index (χ0n) is 21.1. The first kappa shape index (κ1) is 27.4. The molecule has 35 heavy (non-hydrogen) atoms. The van der Waals surface area contributed by atoms with E-state index >= 15 is 0 Å². The molecule has 3 aromatic rings. The molecule has 0 saturated heterocycles. The lowest BCUT2D eigenvalue weighted by molar-refractivity contribution is -0.112. The van der Waals surface area contributed by atoms with E-state index in [0.29, 0.717) is 6.54 Å². The van der Waals surface area contributed by atoms with Gasteiger partial charge in [0, 0.05) is 36.1 Å². The van der Waals surface area contributed by atoms with Gasteiger partial charge >= 0.3 is 0 Å². The second-order valence-electron chi connectivity index (χ2n) is 8.22. The first-order valence-corrected chi connectivity index (χ1v) is 11.8. The molecule has 3 aromatic carbocycles. The van der Waals surface area contributed by atoms with Crippen molar-refractivity contribution < 1.29 is 4.79 Å². The van der Waals surface area contributed by atoms with Crippen molar-refractivity contribution in [3.8, 4) is 0 Å². The smallest absolute Gasteiger partial charge is 0.152 e. The molecule has 4 nitrogen and oxygen atoms in total. The van der Waals surface area contributed by atoms with E-state index in [-0.39, 0.29) is 11.8 Å². The van der Waals surface area contributed by atoms with Crippen molar-refractivity contribution in [2.45, 2.75) is 26.4 Å². The molecular formula is C31H37N3O. The Morgan fingerprint density at radius 3 is 2.40 bits per heavy atom. The molecule has 0 fully saturated rings. The maximum atomic E-state index is 10.2. The number of benzene rings is 3. The Balaban J connectivity index is 0.000000466. The summed E-state index contributed by atoms with van der Waals surface area (Å²) in [5.41, 5.74) is 5.27. The number of rotatable bonds is 11. The van der Waals surface area contributed by atoms with Gasteiger partial charge in [-0.05, 0) is 54.9 Å². The second kappa shape index (κ2) is 14.4. The van der Waals surface area contributed by atoms with E-state index in [4.69, 9.17) is 0 Å². The SMILES string of the molecule is C=CC(=C)NCc1ccccc1C(=C)NC(C)c1cccc2ccccc12.CNC/C=C/C(C)=O. The van der Waals surface area contributed by atoms with Gasteiger partial charge < -0.3 is 16.0 Å². The maximum Gasteiger partial charge on any atom is 0.152 e. The van der Waals surface area contributed by atoms with Gasteiger partial charge in [-0.15, -0.1) is 0 Å². The Hall–Kier alpha value is -3.89. The molecule has 182 valence electrons. The fraction of sp³-hybridized carbons (Fsp3) is 0.194. The summed E-state index contributed by atoms with van der Waals surface area (Å²) in [6, 6.07) is 23.3. The molecule has 0 aliphatic heterocycles. The van der Waals surface area contributed by atoms with Crippen molar-refractivity contribution in [1.82, 2.24) is 16.0 Å². The summed E-state index contributed by atoms with van der Waals surface area (Å²) in [6.07, 6.45) is 5.07. The van der Waals surface area contributed by atoms with Crippen LogP contribution >= 0.6 is 0 Å². The van der Waals surface area contributed by atoms with Crippen LogP contribution in [0.5, 0.6) is 0 Å². The molecule has 0 aliphatic rings. The van der Waals surface area contributed by atoms with Gasteiger partial charge in [-0.2, -0.15) is 0 Å². The fourth-order valence-corrected chi connectivity index (χ4v) is 3.64. The van der Waals surface area contributed by atoms with Crippen LogP contribution in [0, 0.1) is 0 Å². The molecule has 4 heteroatoms. The van der Waals surface area contributed by atoms with Crippen LogP contribution in [0.2, 0.25) is 0 Å². The number of hydrogen-bond donors (Lipinski definition) is 3. The van der Waals surface area contributed by atoms with Crippen molar-refractivity contribution >= 4 is 22.3 Å². The first-order valence-electron chi connectivity index (χ1n) is 11.8. The summed E-state index contributed by atoms with van der Waals surface area (Å²) in [6.45, 7) is 17.1. The van der Waals surface area contributed by atoms with E-state index in [1.54, 1.807) is 18.2 Å². The van der Waals surface area contributed by atoms with Crippen molar-refractivity contribution in [3.63, 3.8) is 0 Å². The van der Waals surface area contributed by atoms with Gasteiger partial charge in [0.25, 0.3) is 0 Å². The van der Waals surface area contributed by atoms with Gasteiger partial charge in [0.2, 0.25) is 0 Å². The third-order valence-corrected chi connectivity index (χ3v) is 5.45. The van der Waals surface area contributed by atoms with E-state index in [2.05, 4.69) is 97.2 Å². The van der Waals surface area contributed by atoms with Crippen LogP contribution in [0.4, 0.5) is 0 Å². The monoisotopic (exact) mass is 467 g/mol. The number of allylic oxidation sites excluding steroid dienone is 2. The molecule has 0 amide bonds. The summed E-state index contributed by atoms with van der Waals surface area (Å²) in [4.78, 5) is 10.2. The second-order valence-corrected chi connectivity index (χ2v) is 8.22. The van der Waals surface area contributed by atoms with Gasteiger partial charge in [-0.3, -0.25) is 4.79 Å². The van der Waals surface area contributed by atoms with Gasteiger partial charge in [-0.25, -0.2) is 0 Å². The van der Waals surface area contributed by atoms with Gasteiger partial charge in [0.15, 0.2) is 5.78 Å². The average Bonchev–Trinajstić information content (AvgIpc) is 2.87. The van der Waals surface area contributed by atoms with Gasteiger partial charge in [0.1, 0.15) is 0 Å². The van der Waals surface area contributed by atoms with Crippen LogP contribution < -0.4 is 16.0 Å². The molecule has 0 saturated carbocycles. The van der Waals surface area contributed by atoms with Crippen LogP contribution in [-0.4, -0.2) is 19.4 Å². The number of carbonyl (C=O) groups is 1. The molecule has 1 unspecified atom stereocenters. The standard InChI is InChI=1S/C25H26N2.C6H11NO/c1-5-18(2)26-17-22-12-7-8-14-23(22)19(3)27-20(4)24-16-10-13-21-11-6-9-15-25(21)24;1-6(8)4-3-5-7-2/h5-16,20,26-27H,1-3,17H2,4H3;3-4,7H,5H2,1-2H3/b;4-3+. The Kier molecular flexibility index (Phi) is 11.2. The Morgan fingerprint density at radius 1 is 1.00 bits per heavy atom. The zero-order valence-corrected chi connectivity index (χ0v) is 21.1. The third-order valence-electron chi connectivity index (χ3n) is 5.45. The highest BCUT2D eigenvalue weighted by molar-refractivity contribution is 5.87. The Bertz CT molecular complexity index is 1190. The molecule has 3 N–H and O–H groups in total. The quantitative estimate of drug-likeness (QED) is 0.229. The number of fused-ring (bicyclic) bond motifs is 1. The molecule has 0 aromatic heterocycles. The van der Waals surface area contributed by atoms with E-state index < -0.39 is 0 Å². The minimum absolute atomic E-state index is 0.0975. The van der Waals surface area contributed by atoms with Crippen LogP contribution in [0.1, 0.15) is 36.6 Å². The summed E-state index contributed by atoms with van der Waals surface area (Å²) < 4.78 is 0. The summed E-state index contributed by atoms with van der Waals surface area (Å²) >= 11 is 0. The van der Waals surface area contributed by atoms with Crippen molar-refractivity contribution in [1.29, 1.82) is 0 Å². The minimum atomic E-state index is 0.0975. The highest BCUT2D eigenvalue weighted by Crippen LogP contribution is 2.26. The van der Waals surface area contributed by atoms with Crippen LogP contribution in [-0.2, 0) is 11.3 Å². The number of nitrogens with one attached hydrogen (secondary N) is 3. The summed E-state index contributed by atoms with van der Waals surface area (Å²) in [5.74, 6) is 0.0975. The lowest BCUT2D eigenvalue weighted by Gasteiger charge is -2.21. The topological polar surface area (TPSA) is 53.2 Å². The summed E-state index contributed by atoms with van der Waals surface area (Å²) in [7, 11) is 1.84. The summed E-state index contributed by atoms with van der Waals surface area (Å²) in [5, 5.41) is 12.3. The largest absolute Gasteiger partial charge is 0.381 e. The van der Waals surface area contributed by atoms with Gasteiger partial charge in [0.05, 0.1) is 0 Å². The predicted octanol–water partition coefficient (Wildman–Crippen LogP) is 6.30. The Labute approximate surface area is 210 Å². The minimum Gasteiger partial charge on any atom is -0.381 e. The lowest BCUT2D eigenvalue weighted by atomic mass is 9.98. The van der Waals surface area contributed by atoms with E-state index in [9.17, 15) is 4.79 Å². The van der Waals surface area contributed by atoms with E-state index in [0.717, 1.165) is 23.5 Å². The molecular weight excluding hydrogens is 430 g/mol. The molecule has 0 radical (unpaired) electrons. The van der Waals surface area contributed by atoms with Crippen LogP contribution in [0.15, 0.2) is 110 Å². The van der Waals surface area contributed by atoms with Crippen molar-refractivity contribution in [2.24, 2.45) is 0 Å². The molecule has 1 atom stereocenters. The molecule has 0 aliphatic carbocycles. The third kappa shape index (κ3) is 8.76. The lowest BCUT2D eigenvalue weighted by Crippen LogP contribution is -2.19. The van der Waals surface area contributed by atoms with Crippen molar-refractivity contribution in [3.05, 3.63) is 127 Å². The number of likely N-dealkylation sites (N-methyl/N-ethyl adjacent to an activating group) is 1.